The molecule has 0 heterocycles. The molecule has 0 fully saturated rings. The van der Waals surface area contributed by atoms with Crippen molar-refractivity contribution in [1.82, 2.24) is 0 Å². The maximum Gasteiger partial charge on any atom is 0.309 e. The van der Waals surface area contributed by atoms with Gasteiger partial charge in [-0.2, -0.15) is 0 Å². The Morgan fingerprint density at radius 3 is 1.47 bits per heavy atom. The fraction of sp³-hybridized carbons (Fsp3) is 0.200. The van der Waals surface area contributed by atoms with Gasteiger partial charge in [-0.25, -0.2) is 4.79 Å². The third kappa shape index (κ3) is 41.4. The van der Waals surface area contributed by atoms with E-state index in [2.05, 4.69) is 11.5 Å². The van der Waals surface area contributed by atoms with Crippen LogP contribution in [0.2, 0.25) is 0 Å². The van der Waals surface area contributed by atoms with Gasteiger partial charge in [-0.05, 0) is 12.1 Å². The molecular weight excluding hydrogens is 228 g/mol. The van der Waals surface area contributed by atoms with Gasteiger partial charge in [-0.1, -0.05) is 18.2 Å². The van der Waals surface area contributed by atoms with Crippen molar-refractivity contribution in [2.75, 3.05) is 13.2 Å². The Bertz CT molecular complexity index is 250. The minimum Gasteiger partial charge on any atom is -0.508 e. The largest absolute Gasteiger partial charge is 0.508 e. The molecule has 1 rings (SSSR count). The predicted octanol–water partition coefficient (Wildman–Crippen LogP) is -0.798. The molecular formula is C10H18N2O5. The zero-order valence-corrected chi connectivity index (χ0v) is 9.32. The summed E-state index contributed by atoms with van der Waals surface area (Å²) in [7, 11) is 0. The molecule has 0 aliphatic heterocycles. The van der Waals surface area contributed by atoms with Gasteiger partial charge in [0.05, 0.1) is 13.2 Å². The molecule has 7 nitrogen and oxygen atoms in total. The van der Waals surface area contributed by atoms with Crippen LogP contribution in [0.4, 0.5) is 4.79 Å². The van der Waals surface area contributed by atoms with Crippen molar-refractivity contribution in [2.24, 2.45) is 11.5 Å². The average molecular weight is 246 g/mol. The molecule has 0 aromatic heterocycles. The summed E-state index contributed by atoms with van der Waals surface area (Å²) in [5, 5.41) is 23.9. The number of primary amides is 2. The van der Waals surface area contributed by atoms with Crippen LogP contribution in [-0.4, -0.2) is 41.4 Å². The Labute approximate surface area is 99.3 Å². The fourth-order valence-electron chi connectivity index (χ4n) is 0.428. The van der Waals surface area contributed by atoms with Gasteiger partial charge in [0.25, 0.3) is 0 Å². The summed E-state index contributed by atoms with van der Waals surface area (Å²) in [6, 6.07) is 7.88. The molecule has 2 amide bonds. The maximum absolute atomic E-state index is 9.00. The molecule has 17 heavy (non-hydrogen) atoms. The number of carbonyl (C=O) groups is 2. The zero-order valence-electron chi connectivity index (χ0n) is 9.32. The molecule has 98 valence electrons. The van der Waals surface area contributed by atoms with E-state index in [1.54, 1.807) is 24.3 Å². The molecule has 1 aromatic rings. The number of aromatic hydroxyl groups is 1. The second-order valence-electron chi connectivity index (χ2n) is 2.19. The minimum absolute atomic E-state index is 0.125. The number of nitrogens with two attached hydrogens (primary N) is 2. The van der Waals surface area contributed by atoms with E-state index in [0.29, 0.717) is 5.75 Å². The number of para-hydroxylation sites is 1. The first kappa shape index (κ1) is 20.3. The summed E-state index contributed by atoms with van der Waals surface area (Å²) < 4.78 is 0. The van der Waals surface area contributed by atoms with Gasteiger partial charge in [0.1, 0.15) is 12.5 Å². The average Bonchev–Trinajstić information content (AvgIpc) is 2.32. The highest BCUT2D eigenvalue weighted by atomic mass is 16.3. The van der Waals surface area contributed by atoms with Crippen LogP contribution >= 0.6 is 0 Å². The lowest BCUT2D eigenvalue weighted by molar-refractivity contribution is -0.0979. The van der Waals surface area contributed by atoms with Crippen LogP contribution in [0, 0.1) is 0 Å². The quantitative estimate of drug-likeness (QED) is 0.440. The maximum atomic E-state index is 9.00. The van der Waals surface area contributed by atoms with Crippen molar-refractivity contribution in [3.63, 3.8) is 0 Å². The molecule has 1 aromatic carbocycles. The minimum atomic E-state index is -0.833. The molecule has 0 aliphatic rings. The van der Waals surface area contributed by atoms with Crippen LogP contribution in [0.3, 0.4) is 0 Å². The number of amides is 2. The van der Waals surface area contributed by atoms with Crippen molar-refractivity contribution in [1.29, 1.82) is 0 Å². The van der Waals surface area contributed by atoms with Crippen molar-refractivity contribution >= 4 is 12.8 Å². The van der Waals surface area contributed by atoms with Crippen LogP contribution in [0.25, 0.3) is 0 Å². The van der Waals surface area contributed by atoms with E-state index in [9.17, 15) is 0 Å². The number of hydrogen-bond acceptors (Lipinski definition) is 5. The lowest BCUT2D eigenvalue weighted by Crippen LogP contribution is -2.18. The Kier molecular flexibility index (Phi) is 23.2. The van der Waals surface area contributed by atoms with E-state index in [-0.39, 0.29) is 13.2 Å². The first-order chi connectivity index (χ1) is 8.04. The molecule has 0 bridgehead atoms. The van der Waals surface area contributed by atoms with E-state index < -0.39 is 6.03 Å². The summed E-state index contributed by atoms with van der Waals surface area (Å²) in [5.41, 5.74) is 8.50. The molecule has 0 atom stereocenters. The zero-order chi connectivity index (χ0) is 14.1. The molecule has 0 aliphatic carbocycles. The first-order valence-corrected chi connectivity index (χ1v) is 4.34. The number of aliphatic hydroxyl groups excluding tert-OH is 2. The lowest BCUT2D eigenvalue weighted by Gasteiger charge is -1.82. The molecule has 0 saturated heterocycles. The van der Waals surface area contributed by atoms with E-state index >= 15 is 0 Å². The smallest absolute Gasteiger partial charge is 0.309 e. The van der Waals surface area contributed by atoms with Gasteiger partial charge in [-0.3, -0.25) is 0 Å². The Balaban J connectivity index is -0.000000172. The summed E-state index contributed by atoms with van der Waals surface area (Å²) in [6.45, 7) is 1.75. The van der Waals surface area contributed by atoms with E-state index in [0.717, 1.165) is 0 Å². The highest BCUT2D eigenvalue weighted by Gasteiger charge is 1.74. The number of benzene rings is 1. The Morgan fingerprint density at radius 2 is 1.35 bits per heavy atom. The highest BCUT2D eigenvalue weighted by Crippen LogP contribution is 2.02. The van der Waals surface area contributed by atoms with E-state index in [1.165, 1.54) is 0 Å². The number of carbonyl (C=O) groups excluding carboxylic acids is 2. The van der Waals surface area contributed by atoms with Gasteiger partial charge in [0.15, 0.2) is 0 Å². The van der Waals surface area contributed by atoms with Crippen molar-refractivity contribution < 1.29 is 24.9 Å². The van der Waals surface area contributed by atoms with Gasteiger partial charge >= 0.3 is 6.03 Å². The van der Waals surface area contributed by atoms with Crippen LogP contribution in [0.5, 0.6) is 5.75 Å². The third-order valence-corrected chi connectivity index (χ3v) is 0.856. The Morgan fingerprint density at radius 1 is 1.06 bits per heavy atom. The molecule has 0 radical (unpaired) electrons. The molecule has 7 N–H and O–H groups in total. The van der Waals surface area contributed by atoms with E-state index in [4.69, 9.17) is 24.9 Å². The summed E-state index contributed by atoms with van der Waals surface area (Å²) in [4.78, 5) is 17.0. The molecule has 0 spiro atoms. The summed E-state index contributed by atoms with van der Waals surface area (Å²) in [5.74, 6) is 0.322. The van der Waals surface area contributed by atoms with Gasteiger partial charge < -0.3 is 31.6 Å². The van der Waals surface area contributed by atoms with Crippen LogP contribution in [0.1, 0.15) is 0 Å². The number of aliphatic hydroxyl groups is 2. The monoisotopic (exact) mass is 246 g/mol. The summed E-state index contributed by atoms with van der Waals surface area (Å²) >= 11 is 0. The number of phenols is 1. The lowest BCUT2D eigenvalue weighted by atomic mass is 10.3. The number of rotatable bonds is 1. The molecule has 0 saturated carbocycles. The van der Waals surface area contributed by atoms with Gasteiger partial charge in [0, 0.05) is 0 Å². The number of phenolic OH excluding ortho intramolecular Hbond substituents is 1. The normalized spacial score (nSPS) is 6.94. The van der Waals surface area contributed by atoms with Crippen molar-refractivity contribution in [2.45, 2.75) is 0 Å². The first-order valence-electron chi connectivity index (χ1n) is 4.34. The highest BCUT2D eigenvalue weighted by molar-refractivity contribution is 5.69. The van der Waals surface area contributed by atoms with Crippen LogP contribution in [-0.2, 0) is 4.79 Å². The number of hydrogen-bond donors (Lipinski definition) is 5. The summed E-state index contributed by atoms with van der Waals surface area (Å²) in [6.07, 6.45) is 0. The van der Waals surface area contributed by atoms with Crippen LogP contribution < -0.4 is 11.5 Å². The second-order valence-corrected chi connectivity index (χ2v) is 2.19. The van der Waals surface area contributed by atoms with Gasteiger partial charge in [-0.15, -0.1) is 0 Å². The topological polar surface area (TPSA) is 147 Å². The Hall–Kier alpha value is -2.12. The van der Waals surface area contributed by atoms with Crippen molar-refractivity contribution in [3.05, 3.63) is 30.3 Å². The SMILES string of the molecule is C=O.NC(N)=O.OCCO.Oc1ccccc1. The van der Waals surface area contributed by atoms with Gasteiger partial charge in [0.2, 0.25) is 0 Å². The predicted molar refractivity (Wildman–Crippen MR) is 63.2 cm³/mol. The molecule has 7 heteroatoms. The fourth-order valence-corrected chi connectivity index (χ4v) is 0.428. The van der Waals surface area contributed by atoms with Crippen molar-refractivity contribution in [3.8, 4) is 5.75 Å². The molecule has 0 unspecified atom stereocenters. The van der Waals surface area contributed by atoms with E-state index in [1.807, 2.05) is 12.9 Å². The van der Waals surface area contributed by atoms with Crippen LogP contribution in [0.15, 0.2) is 30.3 Å². The second kappa shape index (κ2) is 19.5. The standard InChI is InChI=1S/C6H6O.C2H6O2.CH4N2O.CH2O/c7-6-4-2-1-3-5-6;3-1-2-4;2-1(3)4;1-2/h1-5,7H;3-4H,1-2H2;(H4,2,3,4);1H2. The third-order valence-electron chi connectivity index (χ3n) is 0.856. The number of urea groups is 1.